The summed E-state index contributed by atoms with van der Waals surface area (Å²) in [4.78, 5) is 37.4. The van der Waals surface area contributed by atoms with Crippen molar-refractivity contribution in [1.82, 2.24) is 11.0 Å². The van der Waals surface area contributed by atoms with Crippen molar-refractivity contribution in [1.29, 1.82) is 0 Å². The van der Waals surface area contributed by atoms with E-state index < -0.39 is 17.1 Å². The first kappa shape index (κ1) is 14.5. The molecule has 0 aromatic rings. The molecule has 0 aromatic carbocycles. The third-order valence-corrected chi connectivity index (χ3v) is 0.442. The molecule has 0 unspecified atom stereocenters. The summed E-state index contributed by atoms with van der Waals surface area (Å²) in [6.45, 7) is 0. The van der Waals surface area contributed by atoms with Crippen LogP contribution in [0.4, 0.5) is 9.59 Å². The van der Waals surface area contributed by atoms with Crippen molar-refractivity contribution in [2.24, 2.45) is 11.5 Å². The molecule has 0 rings (SSSR count). The number of nitrogens with two attached hydrogens (primary N) is 2. The minimum absolute atomic E-state index is 0. The third-order valence-electron chi connectivity index (χ3n) is 0.442. The molecular formula is C2H8CaN5O5+. The zero-order chi connectivity index (χ0) is 9.56. The molecule has 13 heavy (non-hydrogen) atoms. The molecule has 0 atom stereocenters. The van der Waals surface area contributed by atoms with Gasteiger partial charge in [-0.25, -0.2) is 9.59 Å². The van der Waals surface area contributed by atoms with Gasteiger partial charge in [0.05, 0.1) is 0 Å². The Bertz CT molecular complexity index is 196. The van der Waals surface area contributed by atoms with Gasteiger partial charge in [0.1, 0.15) is 4.91 Å². The molecule has 0 aliphatic heterocycles. The summed E-state index contributed by atoms with van der Waals surface area (Å²) in [5.74, 6) is 0. The molecular weight excluding hydrogens is 214 g/mol. The van der Waals surface area contributed by atoms with Gasteiger partial charge in [-0.2, -0.15) is 0 Å². The minimum Gasteiger partial charge on any atom is -1.00 e. The van der Waals surface area contributed by atoms with Crippen LogP contribution in [0.25, 0.3) is 0 Å². The number of carbonyl (C=O) groups excluding carboxylic acids is 2. The molecule has 0 aliphatic carbocycles. The summed E-state index contributed by atoms with van der Waals surface area (Å²) in [5.41, 5.74) is 11.8. The molecule has 0 heterocycles. The molecule has 4 amide bonds. The van der Waals surface area contributed by atoms with E-state index in [1.807, 2.05) is 0 Å². The zero-order valence-corrected chi connectivity index (χ0v) is 8.56. The molecule has 6 N–H and O–H groups in total. The summed E-state index contributed by atoms with van der Waals surface area (Å²) in [6, 6.07) is -2.22. The number of amides is 4. The van der Waals surface area contributed by atoms with Crippen molar-refractivity contribution >= 4 is 49.8 Å². The van der Waals surface area contributed by atoms with Crippen LogP contribution in [0.2, 0.25) is 0 Å². The Balaban J connectivity index is -0.000000202. The van der Waals surface area contributed by atoms with Crippen LogP contribution in [0.1, 0.15) is 2.85 Å². The second kappa shape index (κ2) is 7.64. The van der Waals surface area contributed by atoms with Gasteiger partial charge in [-0.3, -0.25) is 0 Å². The molecule has 0 saturated carbocycles. The van der Waals surface area contributed by atoms with Crippen LogP contribution in [0.15, 0.2) is 0 Å². The van der Waals surface area contributed by atoms with E-state index >= 15 is 0 Å². The van der Waals surface area contributed by atoms with Crippen LogP contribution in [-0.2, 0) is 9.88 Å². The van der Waals surface area contributed by atoms with Gasteiger partial charge in [0.2, 0.25) is 0 Å². The van der Waals surface area contributed by atoms with Crippen molar-refractivity contribution in [3.63, 3.8) is 0 Å². The van der Waals surface area contributed by atoms with Gasteiger partial charge in [-0.05, 0) is 9.88 Å². The summed E-state index contributed by atoms with van der Waals surface area (Å²) >= 11 is 0. The van der Waals surface area contributed by atoms with Crippen molar-refractivity contribution < 1.29 is 27.4 Å². The fourth-order valence-electron chi connectivity index (χ4n) is 0.183. The molecule has 0 aromatic heterocycles. The zero-order valence-electron chi connectivity index (χ0n) is 8.35. The van der Waals surface area contributed by atoms with Gasteiger partial charge < -0.3 is 14.3 Å². The molecule has 0 bridgehead atoms. The predicted octanol–water partition coefficient (Wildman–Crippen LogP) is -2.36. The van der Waals surface area contributed by atoms with E-state index in [4.69, 9.17) is 0 Å². The van der Waals surface area contributed by atoms with Crippen LogP contribution in [0.5, 0.6) is 0 Å². The summed E-state index contributed by atoms with van der Waals surface area (Å²) < 4.78 is 0. The Morgan fingerprint density at radius 3 is 1.69 bits per heavy atom. The van der Waals surface area contributed by atoms with Gasteiger partial charge >= 0.3 is 54.9 Å². The normalized spacial score (nSPS) is 7.38. The van der Waals surface area contributed by atoms with Crippen molar-refractivity contribution in [2.75, 3.05) is 0 Å². The largest absolute Gasteiger partial charge is 2.00 e. The van der Waals surface area contributed by atoms with Crippen LogP contribution >= 0.6 is 0 Å². The fraction of sp³-hybridized carbons (Fsp3) is 0. The van der Waals surface area contributed by atoms with E-state index in [0.29, 0.717) is 0 Å². The van der Waals surface area contributed by atoms with Crippen LogP contribution < -0.4 is 22.4 Å². The second-order valence-corrected chi connectivity index (χ2v) is 1.34. The average molecular weight is 222 g/mol. The van der Waals surface area contributed by atoms with E-state index in [2.05, 4.69) is 21.3 Å². The summed E-state index contributed by atoms with van der Waals surface area (Å²) in [7, 11) is 0. The molecule has 0 fully saturated rings. The maximum absolute atomic E-state index is 10.2. The van der Waals surface area contributed by atoms with E-state index in [1.54, 1.807) is 0 Å². The molecule has 0 aliphatic rings. The number of rotatable bonds is 4. The van der Waals surface area contributed by atoms with Gasteiger partial charge in [0, 0.05) is 0 Å². The second-order valence-electron chi connectivity index (χ2n) is 1.34. The maximum Gasteiger partial charge on any atom is 2.00 e. The average Bonchev–Trinajstić information content (AvgIpc) is 1.96. The monoisotopic (exact) mass is 222 g/mol. The Morgan fingerprint density at radius 1 is 1.15 bits per heavy atom. The minimum atomic E-state index is -1.11. The van der Waals surface area contributed by atoms with Crippen LogP contribution in [0, 0.1) is 4.91 Å². The maximum atomic E-state index is 10.2. The number of primary amides is 2. The number of hydrogen-bond donors (Lipinski definition) is 4. The quantitative estimate of drug-likeness (QED) is 0.310. The summed E-state index contributed by atoms with van der Waals surface area (Å²) in [6.07, 6.45) is 0. The first-order valence-electron chi connectivity index (χ1n) is 2.44. The predicted molar refractivity (Wildman–Crippen MR) is 39.2 cm³/mol. The third kappa shape index (κ3) is 11.0. The number of hydrogen-bond acceptors (Lipinski definition) is 5. The van der Waals surface area contributed by atoms with Crippen molar-refractivity contribution in [3.8, 4) is 0 Å². The van der Waals surface area contributed by atoms with E-state index in [9.17, 15) is 14.5 Å². The molecule has 0 spiro atoms. The van der Waals surface area contributed by atoms with E-state index in [1.165, 1.54) is 11.0 Å². The van der Waals surface area contributed by atoms with Gasteiger partial charge in [-0.15, -0.1) is 0 Å². The van der Waals surface area contributed by atoms with Crippen LogP contribution in [-0.4, -0.2) is 54.9 Å². The first-order chi connectivity index (χ1) is 5.52. The summed E-state index contributed by atoms with van der Waals surface area (Å²) in [5, 5.41) is -0.629. The molecule has 0 radical (unpaired) electrons. The topological polar surface area (TPSA) is 149 Å². The first-order valence-corrected chi connectivity index (χ1v) is 2.44. The van der Waals surface area contributed by atoms with Gasteiger partial charge in [-0.1, -0.05) is 11.0 Å². The molecule has 11 heteroatoms. The number of urea groups is 2. The molecule has 10 nitrogen and oxygen atoms in total. The van der Waals surface area contributed by atoms with Crippen molar-refractivity contribution in [3.05, 3.63) is 4.91 Å². The molecule has 72 valence electrons. The Labute approximate surface area is 104 Å². The number of nitrogens with one attached hydrogen (secondary N) is 2. The number of nitrogens with zero attached hydrogens (tertiary/aromatic N) is 1. The van der Waals surface area contributed by atoms with Crippen LogP contribution in [0.3, 0.4) is 0 Å². The Morgan fingerprint density at radius 2 is 1.46 bits per heavy atom. The van der Waals surface area contributed by atoms with Gasteiger partial charge in [0.15, 0.2) is 0 Å². The van der Waals surface area contributed by atoms with E-state index in [-0.39, 0.29) is 40.6 Å². The van der Waals surface area contributed by atoms with E-state index in [0.717, 1.165) is 0 Å². The fourth-order valence-corrected chi connectivity index (χ4v) is 0.183. The molecule has 0 saturated heterocycles. The Kier molecular flexibility index (Phi) is 8.53. The Hall–Kier alpha value is -1.00. The number of carbonyl (C=O) groups is 2. The van der Waals surface area contributed by atoms with Crippen molar-refractivity contribution in [2.45, 2.75) is 0 Å². The smallest absolute Gasteiger partial charge is 1.00 e. The SMILES string of the molecule is NC(=O)NO[N+](=O)ONC(N)=O.[Ca+2].[H-].[H-]. The van der Waals surface area contributed by atoms with Gasteiger partial charge in [0.25, 0.3) is 0 Å². The standard InChI is InChI=1S/C2H5N5O5.Ca.2H/c3-1(8)5-11-7(10)12-6-2(4)9;;;/h(H5-,3,4,5,6,8,9);;;/q;+2;2*-1/p+1. The number of hydroxylamine groups is 2.